The normalized spacial score (nSPS) is 10.9. The van der Waals surface area contributed by atoms with Crippen molar-refractivity contribution in [2.75, 3.05) is 7.11 Å². The lowest BCUT2D eigenvalue weighted by molar-refractivity contribution is -0.117. The molecular weight excluding hydrogens is 636 g/mol. The van der Waals surface area contributed by atoms with Gasteiger partial charge in [-0.1, -0.05) is 66.7 Å². The summed E-state index contributed by atoms with van der Waals surface area (Å²) in [6, 6.07) is 30.7. The third-order valence-electron chi connectivity index (χ3n) is 5.84. The molecule has 0 heterocycles. The van der Waals surface area contributed by atoms with Crippen molar-refractivity contribution in [3.63, 3.8) is 0 Å². The minimum atomic E-state index is -0.441. The number of hydrogen-bond donors (Lipinski definition) is 1. The Bertz CT molecular complexity index is 1510. The summed E-state index contributed by atoms with van der Waals surface area (Å²) in [4.78, 5) is 12.6. The fraction of sp³-hybridized carbons (Fsp3) is 0.125. The summed E-state index contributed by atoms with van der Waals surface area (Å²) >= 11 is 7.10. The van der Waals surface area contributed by atoms with E-state index in [0.717, 1.165) is 16.7 Å². The zero-order valence-corrected chi connectivity index (χ0v) is 24.9. The molecular formula is C32H26Br2N2O4. The van der Waals surface area contributed by atoms with E-state index in [1.54, 1.807) is 25.3 Å². The van der Waals surface area contributed by atoms with Crippen LogP contribution in [-0.2, 0) is 24.6 Å². The summed E-state index contributed by atoms with van der Waals surface area (Å²) < 4.78 is 18.9. The minimum Gasteiger partial charge on any atom is -0.493 e. The van der Waals surface area contributed by atoms with Gasteiger partial charge in [0.1, 0.15) is 30.6 Å². The molecule has 0 aliphatic carbocycles. The van der Waals surface area contributed by atoms with Gasteiger partial charge in [-0.15, -0.1) is 0 Å². The molecule has 0 aromatic heterocycles. The van der Waals surface area contributed by atoms with Crippen LogP contribution < -0.4 is 19.5 Å². The molecule has 202 valence electrons. The molecule has 6 nitrogen and oxygen atoms in total. The lowest BCUT2D eigenvalue weighted by Gasteiger charge is -2.14. The van der Waals surface area contributed by atoms with Gasteiger partial charge in [-0.2, -0.15) is 5.26 Å². The van der Waals surface area contributed by atoms with Gasteiger partial charge in [0.05, 0.1) is 16.1 Å². The maximum absolute atomic E-state index is 12.6. The molecule has 0 bridgehead atoms. The number of nitrogens with one attached hydrogen (secondary N) is 1. The molecule has 0 unspecified atom stereocenters. The van der Waals surface area contributed by atoms with Crippen LogP contribution >= 0.6 is 31.9 Å². The number of hydrogen-bond acceptors (Lipinski definition) is 5. The number of rotatable bonds is 11. The SMILES string of the molecule is COc1cc(COc2c(Br)cc(/C=C(\C#N)C(=O)NCc3ccccc3)cc2Br)ccc1OCc1ccccc1. The average Bonchev–Trinajstić information content (AvgIpc) is 2.98. The maximum Gasteiger partial charge on any atom is 0.262 e. The third-order valence-corrected chi connectivity index (χ3v) is 7.02. The van der Waals surface area contributed by atoms with Gasteiger partial charge >= 0.3 is 0 Å². The molecule has 0 saturated carbocycles. The summed E-state index contributed by atoms with van der Waals surface area (Å²) in [7, 11) is 1.60. The van der Waals surface area contributed by atoms with E-state index >= 15 is 0 Å². The first-order valence-corrected chi connectivity index (χ1v) is 13.9. The lowest BCUT2D eigenvalue weighted by Crippen LogP contribution is -2.23. The zero-order chi connectivity index (χ0) is 28.3. The van der Waals surface area contributed by atoms with Gasteiger partial charge in [-0.25, -0.2) is 0 Å². The summed E-state index contributed by atoms with van der Waals surface area (Å²) in [5, 5.41) is 12.3. The van der Waals surface area contributed by atoms with Crippen LogP contribution in [0, 0.1) is 11.3 Å². The number of benzene rings is 4. The maximum atomic E-state index is 12.6. The molecule has 1 N–H and O–H groups in total. The predicted molar refractivity (Wildman–Crippen MR) is 162 cm³/mol. The second-order valence-electron chi connectivity index (χ2n) is 8.70. The van der Waals surface area contributed by atoms with E-state index in [4.69, 9.17) is 14.2 Å². The van der Waals surface area contributed by atoms with Crippen molar-refractivity contribution in [2.45, 2.75) is 19.8 Å². The summed E-state index contributed by atoms with van der Waals surface area (Å²) in [5.74, 6) is 1.41. The van der Waals surface area contributed by atoms with Gasteiger partial charge < -0.3 is 19.5 Å². The van der Waals surface area contributed by atoms with Crippen molar-refractivity contribution in [2.24, 2.45) is 0 Å². The Kier molecular flexibility index (Phi) is 10.4. The summed E-state index contributed by atoms with van der Waals surface area (Å²) in [5.41, 5.74) is 3.59. The molecule has 0 aliphatic heterocycles. The number of nitriles is 1. The number of carbonyl (C=O) groups excluding carboxylic acids is 1. The number of methoxy groups -OCH3 is 1. The minimum absolute atomic E-state index is 0.00469. The van der Waals surface area contributed by atoms with E-state index < -0.39 is 5.91 Å². The number of halogens is 2. The Hall–Kier alpha value is -4.06. The topological polar surface area (TPSA) is 80.6 Å². The van der Waals surface area contributed by atoms with Gasteiger partial charge in [-0.05, 0) is 84.5 Å². The quantitative estimate of drug-likeness (QED) is 0.132. The smallest absolute Gasteiger partial charge is 0.262 e. The highest BCUT2D eigenvalue weighted by molar-refractivity contribution is 9.11. The average molecular weight is 662 g/mol. The van der Waals surface area contributed by atoms with E-state index in [0.29, 0.717) is 44.9 Å². The molecule has 1 amide bonds. The fourth-order valence-corrected chi connectivity index (χ4v) is 5.25. The highest BCUT2D eigenvalue weighted by Gasteiger charge is 2.13. The van der Waals surface area contributed by atoms with Gasteiger partial charge in [0.2, 0.25) is 0 Å². The molecule has 0 saturated heterocycles. The van der Waals surface area contributed by atoms with E-state index in [9.17, 15) is 10.1 Å². The van der Waals surface area contributed by atoms with Crippen LogP contribution in [0.3, 0.4) is 0 Å². The molecule has 0 radical (unpaired) electrons. The van der Waals surface area contributed by atoms with Crippen LogP contribution in [0.25, 0.3) is 6.08 Å². The van der Waals surface area contributed by atoms with E-state index in [1.165, 1.54) is 0 Å². The Morgan fingerprint density at radius 1 is 0.825 bits per heavy atom. The Balaban J connectivity index is 1.40. The highest BCUT2D eigenvalue weighted by atomic mass is 79.9. The van der Waals surface area contributed by atoms with Crippen LogP contribution in [0.5, 0.6) is 17.2 Å². The van der Waals surface area contributed by atoms with E-state index in [-0.39, 0.29) is 12.2 Å². The number of amides is 1. The van der Waals surface area contributed by atoms with Crippen molar-refractivity contribution < 1.29 is 19.0 Å². The Labute approximate surface area is 250 Å². The molecule has 40 heavy (non-hydrogen) atoms. The molecule has 0 aliphatic rings. The molecule has 0 spiro atoms. The first-order valence-electron chi connectivity index (χ1n) is 12.4. The fourth-order valence-electron chi connectivity index (χ4n) is 3.80. The van der Waals surface area contributed by atoms with E-state index in [1.807, 2.05) is 84.9 Å². The van der Waals surface area contributed by atoms with Crippen LogP contribution in [0.4, 0.5) is 0 Å². The predicted octanol–water partition coefficient (Wildman–Crippen LogP) is 7.60. The first kappa shape index (κ1) is 28.9. The number of ether oxygens (including phenoxy) is 3. The first-order chi connectivity index (χ1) is 19.5. The Morgan fingerprint density at radius 2 is 1.45 bits per heavy atom. The van der Waals surface area contributed by atoms with Crippen LogP contribution in [0.2, 0.25) is 0 Å². The molecule has 4 rings (SSSR count). The van der Waals surface area contributed by atoms with Gasteiger partial charge in [-0.3, -0.25) is 4.79 Å². The van der Waals surface area contributed by atoms with Gasteiger partial charge in [0.25, 0.3) is 5.91 Å². The molecule has 4 aromatic carbocycles. The van der Waals surface area contributed by atoms with Crippen molar-refractivity contribution in [3.05, 3.63) is 128 Å². The number of nitrogens with zero attached hydrogens (tertiary/aromatic N) is 1. The largest absolute Gasteiger partial charge is 0.493 e. The second-order valence-corrected chi connectivity index (χ2v) is 10.4. The van der Waals surface area contributed by atoms with E-state index in [2.05, 4.69) is 37.2 Å². The summed E-state index contributed by atoms with van der Waals surface area (Å²) in [6.07, 6.45) is 1.54. The number of carbonyl (C=O) groups is 1. The molecule has 0 fully saturated rings. The molecule has 8 heteroatoms. The lowest BCUT2D eigenvalue weighted by atomic mass is 10.1. The standard InChI is InChI=1S/C32H26Br2N2O4/c1-38-30-17-24(12-13-29(30)39-20-23-10-6-3-7-11-23)21-40-31-27(33)15-25(16-28(31)34)14-26(18-35)32(37)36-19-22-8-4-2-5-9-22/h2-17H,19-21H2,1H3,(H,36,37)/b26-14+. The monoisotopic (exact) mass is 660 g/mol. The van der Waals surface area contributed by atoms with Crippen molar-refractivity contribution in [1.29, 1.82) is 5.26 Å². The molecule has 4 aromatic rings. The van der Waals surface area contributed by atoms with Crippen LogP contribution in [-0.4, -0.2) is 13.0 Å². The summed E-state index contributed by atoms with van der Waals surface area (Å²) in [6.45, 7) is 1.06. The zero-order valence-electron chi connectivity index (χ0n) is 21.7. The van der Waals surface area contributed by atoms with Crippen molar-refractivity contribution in [3.8, 4) is 23.3 Å². The molecule has 0 atom stereocenters. The van der Waals surface area contributed by atoms with Gasteiger partial charge in [0, 0.05) is 6.54 Å². The van der Waals surface area contributed by atoms with Crippen molar-refractivity contribution >= 4 is 43.8 Å². The highest BCUT2D eigenvalue weighted by Crippen LogP contribution is 2.36. The van der Waals surface area contributed by atoms with Crippen molar-refractivity contribution in [1.82, 2.24) is 5.32 Å². The Morgan fingerprint density at radius 3 is 2.08 bits per heavy atom. The van der Waals surface area contributed by atoms with Crippen LogP contribution in [0.1, 0.15) is 22.3 Å². The van der Waals surface area contributed by atoms with Crippen LogP contribution in [0.15, 0.2) is 106 Å². The second kappa shape index (κ2) is 14.4. The van der Waals surface area contributed by atoms with Gasteiger partial charge in [0.15, 0.2) is 11.5 Å². The third kappa shape index (κ3) is 7.98.